The maximum Gasteiger partial charge on any atom is 0.188 e. The van der Waals surface area contributed by atoms with E-state index in [4.69, 9.17) is 10.5 Å². The maximum atomic E-state index is 5.96. The molecular formula is C16H25N5O. The number of pyridine rings is 1. The van der Waals surface area contributed by atoms with Gasteiger partial charge in [0, 0.05) is 31.4 Å². The van der Waals surface area contributed by atoms with Crippen LogP contribution in [0, 0.1) is 5.92 Å². The summed E-state index contributed by atoms with van der Waals surface area (Å²) in [6, 6.07) is 4.02. The molecule has 0 spiro atoms. The van der Waals surface area contributed by atoms with Crippen LogP contribution in [0.1, 0.15) is 24.8 Å². The zero-order valence-electron chi connectivity index (χ0n) is 13.0. The molecule has 22 heavy (non-hydrogen) atoms. The summed E-state index contributed by atoms with van der Waals surface area (Å²) >= 11 is 0. The fourth-order valence-corrected chi connectivity index (χ4v) is 2.79. The van der Waals surface area contributed by atoms with Crippen LogP contribution in [0.3, 0.4) is 0 Å². The number of nitrogens with zero attached hydrogens (tertiary/aromatic N) is 3. The van der Waals surface area contributed by atoms with Crippen molar-refractivity contribution in [2.75, 3.05) is 37.7 Å². The minimum Gasteiger partial charge on any atom is -0.378 e. The molecule has 6 heteroatoms. The van der Waals surface area contributed by atoms with Gasteiger partial charge in [0.15, 0.2) is 5.96 Å². The lowest BCUT2D eigenvalue weighted by molar-refractivity contribution is 0.122. The van der Waals surface area contributed by atoms with E-state index in [0.717, 1.165) is 50.1 Å². The average Bonchev–Trinajstić information content (AvgIpc) is 2.52. The van der Waals surface area contributed by atoms with Gasteiger partial charge in [0.2, 0.25) is 0 Å². The molecule has 2 aliphatic rings. The number of aliphatic imine (C=N–C) groups is 1. The second kappa shape index (κ2) is 7.45. The molecular weight excluding hydrogens is 278 g/mol. The van der Waals surface area contributed by atoms with E-state index in [1.54, 1.807) is 0 Å². The quantitative estimate of drug-likeness (QED) is 0.630. The number of ether oxygens (including phenoxy) is 1. The van der Waals surface area contributed by atoms with E-state index in [2.05, 4.69) is 26.3 Å². The van der Waals surface area contributed by atoms with Crippen molar-refractivity contribution >= 4 is 11.8 Å². The zero-order chi connectivity index (χ0) is 15.2. The van der Waals surface area contributed by atoms with Crippen molar-refractivity contribution in [1.82, 2.24) is 10.3 Å². The Morgan fingerprint density at radius 2 is 2.23 bits per heavy atom. The number of morpholine rings is 1. The number of nitrogens with two attached hydrogens (primary N) is 1. The largest absolute Gasteiger partial charge is 0.378 e. The molecule has 0 atom stereocenters. The van der Waals surface area contributed by atoms with E-state index in [-0.39, 0.29) is 0 Å². The summed E-state index contributed by atoms with van der Waals surface area (Å²) in [6.45, 7) is 4.77. The molecule has 1 aromatic rings. The highest BCUT2D eigenvalue weighted by Crippen LogP contribution is 2.25. The first-order chi connectivity index (χ1) is 10.8. The minimum absolute atomic E-state index is 0.531. The first-order valence-electron chi connectivity index (χ1n) is 8.13. The maximum absolute atomic E-state index is 5.96. The van der Waals surface area contributed by atoms with E-state index in [1.807, 2.05) is 12.3 Å². The molecule has 1 aromatic heterocycles. The summed E-state index contributed by atoms with van der Waals surface area (Å²) in [4.78, 5) is 11.2. The molecule has 0 radical (unpaired) electrons. The lowest BCUT2D eigenvalue weighted by Crippen LogP contribution is -2.38. The topological polar surface area (TPSA) is 75.8 Å². The van der Waals surface area contributed by atoms with E-state index < -0.39 is 0 Å². The molecule has 120 valence electrons. The monoisotopic (exact) mass is 303 g/mol. The Morgan fingerprint density at radius 1 is 1.41 bits per heavy atom. The van der Waals surface area contributed by atoms with Gasteiger partial charge < -0.3 is 20.7 Å². The summed E-state index contributed by atoms with van der Waals surface area (Å²) < 4.78 is 5.40. The molecule has 1 saturated carbocycles. The predicted molar refractivity (Wildman–Crippen MR) is 87.9 cm³/mol. The Hall–Kier alpha value is -1.82. The Kier molecular flexibility index (Phi) is 5.11. The molecule has 0 bridgehead atoms. The number of aromatic nitrogens is 1. The van der Waals surface area contributed by atoms with Crippen LogP contribution in [0.25, 0.3) is 0 Å². The van der Waals surface area contributed by atoms with Crippen LogP contribution >= 0.6 is 0 Å². The number of hydrogen-bond acceptors (Lipinski definition) is 4. The third-order valence-corrected chi connectivity index (χ3v) is 4.39. The number of guanidine groups is 1. The van der Waals surface area contributed by atoms with E-state index >= 15 is 0 Å². The second-order valence-corrected chi connectivity index (χ2v) is 5.96. The minimum atomic E-state index is 0.531. The third-order valence-electron chi connectivity index (χ3n) is 4.39. The standard InChI is InChI=1S/C16H25N5O/c17-16(19-11-13-3-1-4-13)20-12-14-5-2-6-18-15(14)21-7-9-22-10-8-21/h2,5-6,13H,1,3-4,7-12H2,(H3,17,19,20). The molecule has 2 heterocycles. The highest BCUT2D eigenvalue weighted by atomic mass is 16.5. The second-order valence-electron chi connectivity index (χ2n) is 5.96. The molecule has 3 rings (SSSR count). The zero-order valence-corrected chi connectivity index (χ0v) is 13.0. The van der Waals surface area contributed by atoms with Crippen LogP contribution in [-0.4, -0.2) is 43.8 Å². The highest BCUT2D eigenvalue weighted by Gasteiger charge is 2.17. The van der Waals surface area contributed by atoms with E-state index in [9.17, 15) is 0 Å². The van der Waals surface area contributed by atoms with Gasteiger partial charge in [-0.1, -0.05) is 12.5 Å². The lowest BCUT2D eigenvalue weighted by atomic mass is 9.85. The van der Waals surface area contributed by atoms with Gasteiger partial charge in [0.05, 0.1) is 19.8 Å². The van der Waals surface area contributed by atoms with Crippen LogP contribution in [0.4, 0.5) is 5.82 Å². The van der Waals surface area contributed by atoms with Crippen molar-refractivity contribution in [2.45, 2.75) is 25.8 Å². The first kappa shape index (κ1) is 15.1. The molecule has 1 aliphatic carbocycles. The van der Waals surface area contributed by atoms with Crippen molar-refractivity contribution in [3.63, 3.8) is 0 Å². The first-order valence-corrected chi connectivity index (χ1v) is 8.13. The fourth-order valence-electron chi connectivity index (χ4n) is 2.79. The van der Waals surface area contributed by atoms with Crippen LogP contribution in [0.5, 0.6) is 0 Å². The summed E-state index contributed by atoms with van der Waals surface area (Å²) in [5.74, 6) is 2.31. The lowest BCUT2D eigenvalue weighted by Gasteiger charge is -2.29. The van der Waals surface area contributed by atoms with Crippen molar-refractivity contribution in [1.29, 1.82) is 0 Å². The summed E-state index contributed by atoms with van der Waals surface area (Å²) in [7, 11) is 0. The summed E-state index contributed by atoms with van der Waals surface area (Å²) in [6.07, 6.45) is 5.80. The van der Waals surface area contributed by atoms with Crippen LogP contribution < -0.4 is 16.0 Å². The van der Waals surface area contributed by atoms with Crippen molar-refractivity contribution in [3.05, 3.63) is 23.9 Å². The number of hydrogen-bond donors (Lipinski definition) is 2. The van der Waals surface area contributed by atoms with Crippen LogP contribution in [-0.2, 0) is 11.3 Å². The molecule has 0 unspecified atom stereocenters. The molecule has 3 N–H and O–H groups in total. The van der Waals surface area contributed by atoms with Gasteiger partial charge in [0.1, 0.15) is 5.82 Å². The SMILES string of the molecule is NC(=NCc1cccnc1N1CCOCC1)NCC1CCC1. The van der Waals surface area contributed by atoms with Crippen molar-refractivity contribution in [2.24, 2.45) is 16.6 Å². The molecule has 1 saturated heterocycles. The average molecular weight is 303 g/mol. The van der Waals surface area contributed by atoms with Crippen LogP contribution in [0.2, 0.25) is 0 Å². The summed E-state index contributed by atoms with van der Waals surface area (Å²) in [5.41, 5.74) is 7.07. The Balaban J connectivity index is 1.58. The van der Waals surface area contributed by atoms with Gasteiger partial charge in [-0.3, -0.25) is 0 Å². The molecule has 2 fully saturated rings. The predicted octanol–water partition coefficient (Wildman–Crippen LogP) is 1.12. The molecule has 6 nitrogen and oxygen atoms in total. The van der Waals surface area contributed by atoms with Gasteiger partial charge in [-0.25, -0.2) is 9.98 Å². The molecule has 0 aromatic carbocycles. The van der Waals surface area contributed by atoms with Gasteiger partial charge in [-0.05, 0) is 24.8 Å². The van der Waals surface area contributed by atoms with Gasteiger partial charge >= 0.3 is 0 Å². The fraction of sp³-hybridized carbons (Fsp3) is 0.625. The third kappa shape index (κ3) is 3.88. The molecule has 1 aliphatic heterocycles. The normalized spacial score (nSPS) is 19.8. The Morgan fingerprint density at radius 3 is 2.95 bits per heavy atom. The van der Waals surface area contributed by atoms with Gasteiger partial charge in [-0.2, -0.15) is 0 Å². The number of rotatable bonds is 5. The van der Waals surface area contributed by atoms with Crippen molar-refractivity contribution < 1.29 is 4.74 Å². The van der Waals surface area contributed by atoms with Crippen molar-refractivity contribution in [3.8, 4) is 0 Å². The summed E-state index contributed by atoms with van der Waals surface area (Å²) in [5, 5.41) is 3.23. The Bertz CT molecular complexity index is 509. The van der Waals surface area contributed by atoms with Gasteiger partial charge in [-0.15, -0.1) is 0 Å². The van der Waals surface area contributed by atoms with E-state index in [0.29, 0.717) is 12.5 Å². The number of anilines is 1. The number of nitrogens with one attached hydrogen (secondary N) is 1. The van der Waals surface area contributed by atoms with Crippen LogP contribution in [0.15, 0.2) is 23.3 Å². The highest BCUT2D eigenvalue weighted by molar-refractivity contribution is 5.77. The van der Waals surface area contributed by atoms with E-state index in [1.165, 1.54) is 19.3 Å². The Labute approximate surface area is 131 Å². The molecule has 0 amide bonds. The smallest absolute Gasteiger partial charge is 0.188 e. The van der Waals surface area contributed by atoms with Gasteiger partial charge in [0.25, 0.3) is 0 Å².